The van der Waals surface area contributed by atoms with Crippen LogP contribution in [0.2, 0.25) is 0 Å². The number of nitrogens with one attached hydrogen (secondary N) is 3. The molecule has 1 fully saturated rings. The van der Waals surface area contributed by atoms with Crippen molar-refractivity contribution in [2.75, 3.05) is 5.32 Å². The Bertz CT molecular complexity index is 1190. The minimum Gasteiger partial charge on any atom is -0.354 e. The fourth-order valence-corrected chi connectivity index (χ4v) is 4.34. The van der Waals surface area contributed by atoms with Gasteiger partial charge in [0.2, 0.25) is 5.91 Å². The van der Waals surface area contributed by atoms with Gasteiger partial charge in [0.25, 0.3) is 11.8 Å². The van der Waals surface area contributed by atoms with E-state index in [1.165, 1.54) is 31.0 Å². The van der Waals surface area contributed by atoms with E-state index in [0.717, 1.165) is 26.2 Å². The molecule has 2 heterocycles. The highest BCUT2D eigenvalue weighted by Crippen LogP contribution is 2.34. The Balaban J connectivity index is 1.40. The molecular weight excluding hydrogens is 466 g/mol. The molecule has 1 aliphatic carbocycles. The van der Waals surface area contributed by atoms with Crippen LogP contribution in [-0.4, -0.2) is 32.3 Å². The van der Waals surface area contributed by atoms with Crippen LogP contribution < -0.4 is 16.0 Å². The summed E-state index contributed by atoms with van der Waals surface area (Å²) in [4.78, 5) is 38.0. The second-order valence-corrected chi connectivity index (χ2v) is 9.00. The molecule has 4 rings (SSSR count). The Kier molecular flexibility index (Phi) is 7.52. The molecule has 0 atom stereocenters. The maximum Gasteiger partial charge on any atom is 0.272 e. The maximum atomic E-state index is 13.9. The van der Waals surface area contributed by atoms with Crippen molar-refractivity contribution < 1.29 is 18.4 Å². The molecular formula is C26H28F2N6O2. The standard InChI is InChI=1S/C26H28F2N6O2/c1-25(27,28)21-7-3-4-8-22(21)33-20-10-9-19(31-16-20)15-32-24(36)26(11-5-2-6-12-26)34-23(35)18-13-29-17-30-14-18/h3-4,7-10,13-14,16-17,33H,2,5-6,11-12,15H2,1H3,(H,32,36)(H,34,35). The second kappa shape index (κ2) is 10.8. The van der Waals surface area contributed by atoms with Crippen LogP contribution in [0.4, 0.5) is 20.2 Å². The molecule has 36 heavy (non-hydrogen) atoms. The highest BCUT2D eigenvalue weighted by Gasteiger charge is 2.41. The van der Waals surface area contributed by atoms with Gasteiger partial charge in [0.1, 0.15) is 11.9 Å². The second-order valence-electron chi connectivity index (χ2n) is 9.00. The summed E-state index contributed by atoms with van der Waals surface area (Å²) in [5, 5.41) is 8.79. The summed E-state index contributed by atoms with van der Waals surface area (Å²) >= 11 is 0. The van der Waals surface area contributed by atoms with Gasteiger partial charge >= 0.3 is 0 Å². The molecule has 0 radical (unpaired) electrons. The van der Waals surface area contributed by atoms with Gasteiger partial charge in [0.15, 0.2) is 0 Å². The molecule has 188 valence electrons. The van der Waals surface area contributed by atoms with Crippen LogP contribution in [0.1, 0.15) is 60.6 Å². The van der Waals surface area contributed by atoms with Gasteiger partial charge in [-0.05, 0) is 31.0 Å². The lowest BCUT2D eigenvalue weighted by Gasteiger charge is -2.36. The number of rotatable bonds is 8. The highest BCUT2D eigenvalue weighted by atomic mass is 19.3. The zero-order valence-electron chi connectivity index (χ0n) is 19.9. The smallest absolute Gasteiger partial charge is 0.272 e. The van der Waals surface area contributed by atoms with Gasteiger partial charge in [-0.2, -0.15) is 0 Å². The summed E-state index contributed by atoms with van der Waals surface area (Å²) < 4.78 is 27.8. The van der Waals surface area contributed by atoms with E-state index in [9.17, 15) is 18.4 Å². The first-order valence-electron chi connectivity index (χ1n) is 11.8. The number of para-hydroxylation sites is 1. The number of carbonyl (C=O) groups is 2. The normalized spacial score (nSPS) is 15.1. The number of pyridine rings is 1. The number of alkyl halides is 2. The number of anilines is 2. The van der Waals surface area contributed by atoms with Crippen LogP contribution in [0.25, 0.3) is 0 Å². The summed E-state index contributed by atoms with van der Waals surface area (Å²) in [5.74, 6) is -3.64. The molecule has 10 heteroatoms. The largest absolute Gasteiger partial charge is 0.354 e. The topological polar surface area (TPSA) is 109 Å². The predicted octanol–water partition coefficient (Wildman–Crippen LogP) is 4.48. The predicted molar refractivity (Wildman–Crippen MR) is 131 cm³/mol. The Morgan fingerprint density at radius 1 is 1.00 bits per heavy atom. The average molecular weight is 495 g/mol. The van der Waals surface area contributed by atoms with Crippen LogP contribution in [0.15, 0.2) is 61.3 Å². The van der Waals surface area contributed by atoms with E-state index >= 15 is 0 Å². The van der Waals surface area contributed by atoms with Crippen LogP contribution in [0.5, 0.6) is 0 Å². The van der Waals surface area contributed by atoms with Gasteiger partial charge < -0.3 is 16.0 Å². The van der Waals surface area contributed by atoms with E-state index in [1.807, 2.05) is 0 Å². The molecule has 0 saturated heterocycles. The monoisotopic (exact) mass is 494 g/mol. The van der Waals surface area contributed by atoms with E-state index in [4.69, 9.17) is 0 Å². The molecule has 3 aromatic rings. The summed E-state index contributed by atoms with van der Waals surface area (Å²) in [6.45, 7) is 1.02. The van der Waals surface area contributed by atoms with Gasteiger partial charge in [-0.25, -0.2) is 18.7 Å². The molecule has 1 aliphatic rings. The molecule has 2 aromatic heterocycles. The van der Waals surface area contributed by atoms with E-state index < -0.39 is 11.5 Å². The molecule has 1 saturated carbocycles. The Morgan fingerprint density at radius 3 is 2.39 bits per heavy atom. The molecule has 0 aliphatic heterocycles. The van der Waals surface area contributed by atoms with Gasteiger partial charge in [0.05, 0.1) is 29.7 Å². The first kappa shape index (κ1) is 25.2. The number of halogens is 2. The summed E-state index contributed by atoms with van der Waals surface area (Å²) in [6, 6.07) is 9.64. The number of amides is 2. The maximum absolute atomic E-state index is 13.9. The van der Waals surface area contributed by atoms with Crippen molar-refractivity contribution >= 4 is 23.2 Å². The summed E-state index contributed by atoms with van der Waals surface area (Å²) in [7, 11) is 0. The zero-order valence-corrected chi connectivity index (χ0v) is 19.9. The van der Waals surface area contributed by atoms with Crippen molar-refractivity contribution in [2.24, 2.45) is 0 Å². The third-order valence-corrected chi connectivity index (χ3v) is 6.25. The number of carbonyl (C=O) groups excluding carboxylic acids is 2. The van der Waals surface area contributed by atoms with E-state index in [1.54, 1.807) is 30.3 Å². The molecule has 0 spiro atoms. The van der Waals surface area contributed by atoms with E-state index in [0.29, 0.717) is 35.5 Å². The van der Waals surface area contributed by atoms with E-state index in [2.05, 4.69) is 30.9 Å². The number of benzene rings is 1. The Labute approximate surface area is 208 Å². The minimum absolute atomic E-state index is 0.108. The van der Waals surface area contributed by atoms with Crippen molar-refractivity contribution in [3.63, 3.8) is 0 Å². The highest BCUT2D eigenvalue weighted by molar-refractivity contribution is 5.98. The van der Waals surface area contributed by atoms with Crippen LogP contribution >= 0.6 is 0 Å². The van der Waals surface area contributed by atoms with Crippen LogP contribution in [0.3, 0.4) is 0 Å². The number of nitrogens with zero attached hydrogens (tertiary/aromatic N) is 3. The quantitative estimate of drug-likeness (QED) is 0.426. The number of aromatic nitrogens is 3. The molecule has 8 nitrogen and oxygen atoms in total. The molecule has 0 unspecified atom stereocenters. The number of hydrogen-bond donors (Lipinski definition) is 3. The molecule has 0 bridgehead atoms. The Morgan fingerprint density at radius 2 is 1.72 bits per heavy atom. The SMILES string of the molecule is CC(F)(F)c1ccccc1Nc1ccc(CNC(=O)C2(NC(=O)c3cncnc3)CCCCC2)nc1. The van der Waals surface area contributed by atoms with Crippen molar-refractivity contribution in [3.8, 4) is 0 Å². The lowest BCUT2D eigenvalue weighted by molar-refractivity contribution is -0.128. The van der Waals surface area contributed by atoms with Crippen LogP contribution in [0, 0.1) is 0 Å². The van der Waals surface area contributed by atoms with Crippen molar-refractivity contribution in [3.05, 3.63) is 78.1 Å². The third-order valence-electron chi connectivity index (χ3n) is 6.25. The number of hydrogen-bond acceptors (Lipinski definition) is 6. The average Bonchev–Trinajstić information content (AvgIpc) is 2.89. The lowest BCUT2D eigenvalue weighted by atomic mass is 9.80. The Hall–Kier alpha value is -3.95. The van der Waals surface area contributed by atoms with Crippen LogP contribution in [-0.2, 0) is 17.3 Å². The van der Waals surface area contributed by atoms with E-state index in [-0.39, 0.29) is 23.9 Å². The minimum atomic E-state index is -2.99. The van der Waals surface area contributed by atoms with Crippen molar-refractivity contribution in [1.29, 1.82) is 0 Å². The first-order chi connectivity index (χ1) is 17.3. The fraction of sp³-hybridized carbons (Fsp3) is 0.346. The molecule has 1 aromatic carbocycles. The molecule has 2 amide bonds. The van der Waals surface area contributed by atoms with Gasteiger partial charge in [-0.3, -0.25) is 14.6 Å². The lowest BCUT2D eigenvalue weighted by Crippen LogP contribution is -2.59. The first-order valence-corrected chi connectivity index (χ1v) is 11.8. The summed E-state index contributed by atoms with van der Waals surface area (Å²) in [6.07, 6.45) is 9.43. The zero-order chi connectivity index (χ0) is 25.6. The fourth-order valence-electron chi connectivity index (χ4n) is 4.34. The van der Waals surface area contributed by atoms with Gasteiger partial charge in [-0.15, -0.1) is 0 Å². The van der Waals surface area contributed by atoms with Crippen molar-refractivity contribution in [2.45, 2.75) is 57.0 Å². The van der Waals surface area contributed by atoms with Gasteiger partial charge in [-0.1, -0.05) is 37.5 Å². The summed E-state index contributed by atoms with van der Waals surface area (Å²) in [5.41, 5.74) is 0.610. The van der Waals surface area contributed by atoms with Crippen molar-refractivity contribution in [1.82, 2.24) is 25.6 Å². The third kappa shape index (κ3) is 5.99. The van der Waals surface area contributed by atoms with Gasteiger partial charge in [0, 0.05) is 30.6 Å². The molecule has 3 N–H and O–H groups in total.